The largest absolute Gasteiger partial charge is 0.416 e. The second kappa shape index (κ2) is 5.58. The zero-order valence-electron chi connectivity index (χ0n) is 12.5. The van der Waals surface area contributed by atoms with Crippen LogP contribution in [0.1, 0.15) is 40.9 Å². The summed E-state index contributed by atoms with van der Waals surface area (Å²) in [4.78, 5) is 0. The van der Waals surface area contributed by atoms with Crippen LogP contribution in [-0.4, -0.2) is 9.78 Å². The summed E-state index contributed by atoms with van der Waals surface area (Å²) in [6.07, 6.45) is -8.15. The molecule has 1 unspecified atom stereocenters. The van der Waals surface area contributed by atoms with Gasteiger partial charge in [-0.05, 0) is 44.0 Å². The molecule has 0 aliphatic rings. The van der Waals surface area contributed by atoms with E-state index in [1.54, 1.807) is 20.0 Å². The Bertz CT molecular complexity index is 692. The van der Waals surface area contributed by atoms with Gasteiger partial charge in [0.15, 0.2) is 0 Å². The van der Waals surface area contributed by atoms with Crippen LogP contribution in [0, 0.1) is 13.8 Å². The van der Waals surface area contributed by atoms with Crippen LogP contribution in [0.15, 0.2) is 24.4 Å². The Hall–Kier alpha value is -1.99. The molecule has 8 heteroatoms. The minimum atomic E-state index is -4.89. The number of hydrogen-bond donors (Lipinski definition) is 0. The summed E-state index contributed by atoms with van der Waals surface area (Å²) in [6, 6.07) is 0.823. The molecule has 23 heavy (non-hydrogen) atoms. The van der Waals surface area contributed by atoms with Crippen molar-refractivity contribution in [3.8, 4) is 0 Å². The molecule has 1 aromatic carbocycles. The van der Waals surface area contributed by atoms with Crippen LogP contribution >= 0.6 is 0 Å². The van der Waals surface area contributed by atoms with Gasteiger partial charge in [0.2, 0.25) is 0 Å². The maximum atomic E-state index is 13.2. The molecule has 0 aliphatic heterocycles. The quantitative estimate of drug-likeness (QED) is 0.694. The zero-order chi connectivity index (χ0) is 17.6. The van der Waals surface area contributed by atoms with Crippen molar-refractivity contribution in [2.75, 3.05) is 0 Å². The number of nitrogens with zero attached hydrogens (tertiary/aromatic N) is 2. The SMILES string of the molecule is Cc1cn(C(C)c2ccc(C(F)(F)F)cc2C(F)(F)F)nc1C. The fourth-order valence-electron chi connectivity index (χ4n) is 2.26. The number of alkyl halides is 6. The van der Waals surface area contributed by atoms with Crippen LogP contribution in [0.2, 0.25) is 0 Å². The van der Waals surface area contributed by atoms with Crippen LogP contribution in [0.4, 0.5) is 26.3 Å². The molecule has 0 aliphatic carbocycles. The molecule has 0 radical (unpaired) electrons. The molecule has 0 fully saturated rings. The monoisotopic (exact) mass is 336 g/mol. The third kappa shape index (κ3) is 3.51. The first-order valence-corrected chi connectivity index (χ1v) is 6.72. The van der Waals surface area contributed by atoms with Crippen LogP contribution in [-0.2, 0) is 12.4 Å². The van der Waals surface area contributed by atoms with E-state index in [0.29, 0.717) is 11.8 Å². The summed E-state index contributed by atoms with van der Waals surface area (Å²) in [5, 5.41) is 4.11. The fourth-order valence-corrected chi connectivity index (χ4v) is 2.26. The van der Waals surface area contributed by atoms with Gasteiger partial charge < -0.3 is 0 Å². The van der Waals surface area contributed by atoms with Crippen molar-refractivity contribution >= 4 is 0 Å². The van der Waals surface area contributed by atoms with E-state index in [-0.39, 0.29) is 11.6 Å². The van der Waals surface area contributed by atoms with Crippen LogP contribution in [0.25, 0.3) is 0 Å². The van der Waals surface area contributed by atoms with Crippen molar-refractivity contribution in [3.05, 3.63) is 52.3 Å². The average molecular weight is 336 g/mol. The fraction of sp³-hybridized carbons (Fsp3) is 0.400. The molecular formula is C15H14F6N2. The molecule has 1 atom stereocenters. The summed E-state index contributed by atoms with van der Waals surface area (Å²) in [5.41, 5.74) is -1.44. The minimum Gasteiger partial charge on any atom is -0.265 e. The summed E-state index contributed by atoms with van der Waals surface area (Å²) < 4.78 is 78.9. The first-order chi connectivity index (χ1) is 10.4. The molecule has 2 rings (SSSR count). The number of benzene rings is 1. The van der Waals surface area contributed by atoms with Crippen LogP contribution in [0.5, 0.6) is 0 Å². The van der Waals surface area contributed by atoms with Crippen molar-refractivity contribution in [2.24, 2.45) is 0 Å². The van der Waals surface area contributed by atoms with Gasteiger partial charge in [-0.15, -0.1) is 0 Å². The van der Waals surface area contributed by atoms with Crippen LogP contribution < -0.4 is 0 Å². The van der Waals surface area contributed by atoms with Gasteiger partial charge in [-0.3, -0.25) is 4.68 Å². The van der Waals surface area contributed by atoms with Crippen molar-refractivity contribution in [3.63, 3.8) is 0 Å². The molecule has 0 saturated heterocycles. The van der Waals surface area contributed by atoms with Gasteiger partial charge in [0.05, 0.1) is 22.9 Å². The van der Waals surface area contributed by atoms with Gasteiger partial charge in [0, 0.05) is 6.20 Å². The van der Waals surface area contributed by atoms with Gasteiger partial charge in [-0.25, -0.2) is 0 Å². The van der Waals surface area contributed by atoms with Crippen molar-refractivity contribution < 1.29 is 26.3 Å². The maximum Gasteiger partial charge on any atom is 0.416 e. The molecule has 0 spiro atoms. The first-order valence-electron chi connectivity index (χ1n) is 6.72. The number of rotatable bonds is 2. The van der Waals surface area contributed by atoms with E-state index in [2.05, 4.69) is 5.10 Å². The standard InChI is InChI=1S/C15H14F6N2/c1-8-7-23(22-9(8)2)10(3)12-5-4-11(14(16,17)18)6-13(12)15(19,20)21/h4-7,10H,1-3H3. The van der Waals surface area contributed by atoms with Gasteiger partial charge >= 0.3 is 12.4 Å². The maximum absolute atomic E-state index is 13.2. The van der Waals surface area contributed by atoms with Crippen molar-refractivity contribution in [1.82, 2.24) is 9.78 Å². The van der Waals surface area contributed by atoms with E-state index >= 15 is 0 Å². The number of aryl methyl sites for hydroxylation is 2. The predicted octanol–water partition coefficient (Wildman–Crippen LogP) is 5.15. The molecule has 0 N–H and O–H groups in total. The third-order valence-corrected chi connectivity index (χ3v) is 3.70. The molecule has 126 valence electrons. The third-order valence-electron chi connectivity index (χ3n) is 3.70. The molecule has 2 aromatic rings. The van der Waals surface area contributed by atoms with E-state index in [1.165, 1.54) is 11.6 Å². The summed E-state index contributed by atoms with van der Waals surface area (Å²) >= 11 is 0. The molecule has 0 saturated carbocycles. The summed E-state index contributed by atoms with van der Waals surface area (Å²) in [7, 11) is 0. The topological polar surface area (TPSA) is 17.8 Å². The predicted molar refractivity (Wildman–Crippen MR) is 72.0 cm³/mol. The van der Waals surface area contributed by atoms with E-state index in [1.807, 2.05) is 0 Å². The second-order valence-corrected chi connectivity index (χ2v) is 5.35. The first kappa shape index (κ1) is 17.4. The Labute approximate surface area is 128 Å². The van der Waals surface area contributed by atoms with Crippen molar-refractivity contribution in [1.29, 1.82) is 0 Å². The minimum absolute atomic E-state index is 0.148. The molecule has 0 amide bonds. The molecular weight excluding hydrogens is 322 g/mol. The summed E-state index contributed by atoms with van der Waals surface area (Å²) in [5.74, 6) is 0. The Morgan fingerprint density at radius 3 is 2.04 bits per heavy atom. The Balaban J connectivity index is 2.57. The lowest BCUT2D eigenvalue weighted by Crippen LogP contribution is -2.17. The van der Waals surface area contributed by atoms with E-state index in [4.69, 9.17) is 0 Å². The van der Waals surface area contributed by atoms with E-state index < -0.39 is 29.5 Å². The lowest BCUT2D eigenvalue weighted by atomic mass is 9.98. The normalized spacial score (nSPS) is 14.1. The number of aromatic nitrogens is 2. The highest BCUT2D eigenvalue weighted by Gasteiger charge is 2.39. The highest BCUT2D eigenvalue weighted by atomic mass is 19.4. The van der Waals surface area contributed by atoms with Gasteiger partial charge in [0.1, 0.15) is 0 Å². The van der Waals surface area contributed by atoms with Gasteiger partial charge in [-0.2, -0.15) is 31.4 Å². The van der Waals surface area contributed by atoms with Crippen LogP contribution in [0.3, 0.4) is 0 Å². The molecule has 2 nitrogen and oxygen atoms in total. The Kier molecular flexibility index (Phi) is 4.21. The number of halogens is 6. The van der Waals surface area contributed by atoms with Gasteiger partial charge in [0.25, 0.3) is 0 Å². The summed E-state index contributed by atoms with van der Waals surface area (Å²) in [6.45, 7) is 4.92. The Morgan fingerprint density at radius 1 is 1.00 bits per heavy atom. The van der Waals surface area contributed by atoms with Gasteiger partial charge in [-0.1, -0.05) is 6.07 Å². The second-order valence-electron chi connectivity index (χ2n) is 5.35. The van der Waals surface area contributed by atoms with E-state index in [0.717, 1.165) is 11.6 Å². The smallest absolute Gasteiger partial charge is 0.265 e. The lowest BCUT2D eigenvalue weighted by Gasteiger charge is -2.20. The zero-order valence-corrected chi connectivity index (χ0v) is 12.5. The molecule has 1 heterocycles. The highest BCUT2D eigenvalue weighted by Crippen LogP contribution is 2.39. The molecule has 0 bridgehead atoms. The highest BCUT2D eigenvalue weighted by molar-refractivity contribution is 5.37. The Morgan fingerprint density at radius 2 is 1.61 bits per heavy atom. The molecule has 1 aromatic heterocycles. The average Bonchev–Trinajstić information content (AvgIpc) is 2.75. The van der Waals surface area contributed by atoms with Crippen molar-refractivity contribution in [2.45, 2.75) is 39.2 Å². The van der Waals surface area contributed by atoms with E-state index in [9.17, 15) is 26.3 Å². The number of hydrogen-bond acceptors (Lipinski definition) is 1. The lowest BCUT2D eigenvalue weighted by molar-refractivity contribution is -0.143.